The quantitative estimate of drug-likeness (QED) is 0.470. The van der Waals surface area contributed by atoms with E-state index in [0.29, 0.717) is 0 Å². The molecule has 0 saturated carbocycles. The Kier molecular flexibility index (Phi) is 4.18. The van der Waals surface area contributed by atoms with Crippen molar-refractivity contribution in [2.24, 2.45) is 0 Å². The maximum atomic E-state index is 2.88. The molecule has 1 aliphatic carbocycles. The Labute approximate surface area is 72.9 Å². The van der Waals surface area contributed by atoms with Crippen molar-refractivity contribution in [3.8, 4) is 0 Å². The molecule has 0 heterocycles. The van der Waals surface area contributed by atoms with Crippen molar-refractivity contribution in [3.63, 3.8) is 0 Å². The van der Waals surface area contributed by atoms with Crippen LogP contribution in [0.25, 0.3) is 0 Å². The standard InChI is InChI=1S/C12H10/c1-2-4-6-8-10-12-11-9-7-5-3-1/h1-10H/b2-1?,3-1-,4-2-,5-3?,6-4?,7-5-,8-6-,9-7?,10-8?. The van der Waals surface area contributed by atoms with Gasteiger partial charge in [0, 0.05) is 0 Å². The monoisotopic (exact) mass is 154 g/mol. The lowest BCUT2D eigenvalue weighted by atomic mass is 10.3. The third-order valence-corrected chi connectivity index (χ3v) is 1.22. The molecule has 0 N–H and O–H groups in total. The number of hydrogen-bond donors (Lipinski definition) is 0. The van der Waals surface area contributed by atoms with Gasteiger partial charge >= 0.3 is 0 Å². The van der Waals surface area contributed by atoms with Gasteiger partial charge in [0.1, 0.15) is 0 Å². The van der Waals surface area contributed by atoms with Crippen molar-refractivity contribution in [1.29, 1.82) is 0 Å². The van der Waals surface area contributed by atoms with Gasteiger partial charge in [0.05, 0.1) is 0 Å². The van der Waals surface area contributed by atoms with Gasteiger partial charge in [0.2, 0.25) is 0 Å². The van der Waals surface area contributed by atoms with E-state index in [9.17, 15) is 0 Å². The smallest absolute Gasteiger partial charge is 0.0115 e. The molecule has 0 bridgehead atoms. The molecule has 0 aromatic heterocycles. The molecule has 1 aliphatic rings. The van der Waals surface area contributed by atoms with Crippen LogP contribution in [0.1, 0.15) is 0 Å². The molecule has 0 fully saturated rings. The molecule has 0 aromatic rings. The molecule has 0 nitrogen and oxygen atoms in total. The summed E-state index contributed by atoms with van der Waals surface area (Å²) in [4.78, 5) is 0. The van der Waals surface area contributed by atoms with E-state index in [0.717, 1.165) is 0 Å². The zero-order valence-corrected chi connectivity index (χ0v) is 6.77. The largest absolute Gasteiger partial charge is 0.0702 e. The highest BCUT2D eigenvalue weighted by Gasteiger charge is 1.63. The molecule has 0 aliphatic heterocycles. The Bertz CT molecular complexity index is 289. The average molecular weight is 154 g/mol. The maximum Gasteiger partial charge on any atom is -0.0115 e. The lowest BCUT2D eigenvalue weighted by Gasteiger charge is -1.73. The molecule has 0 unspecified atom stereocenters. The summed E-state index contributed by atoms with van der Waals surface area (Å²) in [7, 11) is 0. The van der Waals surface area contributed by atoms with Gasteiger partial charge in [-0.1, -0.05) is 60.1 Å². The minimum absolute atomic E-state index is 1.82. The summed E-state index contributed by atoms with van der Waals surface area (Å²) >= 11 is 0. The summed E-state index contributed by atoms with van der Waals surface area (Å²) in [6.45, 7) is 0. The summed E-state index contributed by atoms with van der Waals surface area (Å²) in [6, 6.07) is 0. The fraction of sp³-hybridized carbons (Fsp3) is 0. The zero-order valence-electron chi connectivity index (χ0n) is 6.77. The highest BCUT2D eigenvalue weighted by molar-refractivity contribution is 5.20. The van der Waals surface area contributed by atoms with Gasteiger partial charge in [-0.15, -0.1) is 0 Å². The molecule has 0 radical (unpaired) electrons. The van der Waals surface area contributed by atoms with Crippen LogP contribution in [0.5, 0.6) is 0 Å². The number of allylic oxidation sites excluding steroid dienone is 10. The van der Waals surface area contributed by atoms with Crippen LogP contribution in [0.4, 0.5) is 0 Å². The van der Waals surface area contributed by atoms with Gasteiger partial charge in [-0.2, -0.15) is 0 Å². The van der Waals surface area contributed by atoms with E-state index >= 15 is 0 Å². The molecule has 0 heteroatoms. The second-order valence-corrected chi connectivity index (χ2v) is 2.16. The summed E-state index contributed by atoms with van der Waals surface area (Å²) in [5.74, 6) is 0. The van der Waals surface area contributed by atoms with E-state index < -0.39 is 0 Å². The minimum Gasteiger partial charge on any atom is -0.0702 e. The molecule has 58 valence electrons. The van der Waals surface area contributed by atoms with Crippen molar-refractivity contribution < 1.29 is 0 Å². The first-order valence-electron chi connectivity index (χ1n) is 3.83. The van der Waals surface area contributed by atoms with E-state index in [1.54, 1.807) is 0 Å². The maximum absolute atomic E-state index is 2.88. The third kappa shape index (κ3) is 4.14. The van der Waals surface area contributed by atoms with Crippen molar-refractivity contribution in [2.75, 3.05) is 0 Å². The first kappa shape index (κ1) is 8.36. The van der Waals surface area contributed by atoms with Crippen LogP contribution in [0.15, 0.2) is 72.2 Å². The average Bonchev–Trinajstić information content (AvgIpc) is 2.05. The molecular weight excluding hydrogens is 144 g/mol. The van der Waals surface area contributed by atoms with Gasteiger partial charge in [0.25, 0.3) is 0 Å². The Hall–Kier alpha value is -1.74. The Morgan fingerprint density at radius 1 is 0.417 bits per heavy atom. The summed E-state index contributed by atoms with van der Waals surface area (Å²) in [5, 5.41) is 0. The minimum atomic E-state index is 1.82. The zero-order chi connectivity index (χ0) is 8.49. The number of hydrogen-bond acceptors (Lipinski definition) is 0. The van der Waals surface area contributed by atoms with Gasteiger partial charge in [-0.3, -0.25) is 0 Å². The molecule has 0 atom stereocenters. The predicted octanol–water partition coefficient (Wildman–Crippen LogP) is 3.09. The molecular formula is C12H10. The summed E-state index contributed by atoms with van der Waals surface area (Å²) in [6.07, 6.45) is 19.2. The fourth-order valence-corrected chi connectivity index (χ4v) is 0.688. The Balaban J connectivity index is 2.85. The van der Waals surface area contributed by atoms with Crippen LogP contribution in [0.2, 0.25) is 0 Å². The van der Waals surface area contributed by atoms with Crippen LogP contribution in [0, 0.1) is 0 Å². The second kappa shape index (κ2) is 6.00. The van der Waals surface area contributed by atoms with Crippen molar-refractivity contribution in [1.82, 2.24) is 0 Å². The van der Waals surface area contributed by atoms with Gasteiger partial charge in [-0.25, -0.2) is 0 Å². The van der Waals surface area contributed by atoms with Crippen molar-refractivity contribution >= 4 is 0 Å². The van der Waals surface area contributed by atoms with Crippen molar-refractivity contribution in [3.05, 3.63) is 72.2 Å². The lowest BCUT2D eigenvalue weighted by molar-refractivity contribution is 1.84. The molecule has 0 saturated heterocycles. The molecule has 0 amide bonds. The van der Waals surface area contributed by atoms with E-state index in [-0.39, 0.29) is 0 Å². The Morgan fingerprint density at radius 3 is 1.17 bits per heavy atom. The molecule has 0 aromatic carbocycles. The van der Waals surface area contributed by atoms with E-state index in [1.807, 2.05) is 60.8 Å². The van der Waals surface area contributed by atoms with Gasteiger partial charge in [0.15, 0.2) is 0 Å². The topological polar surface area (TPSA) is 0 Å². The molecule has 0 spiro atoms. The van der Waals surface area contributed by atoms with Crippen LogP contribution in [-0.4, -0.2) is 0 Å². The highest BCUT2D eigenvalue weighted by atomic mass is 13.7. The first-order valence-corrected chi connectivity index (χ1v) is 3.83. The number of rotatable bonds is 0. The summed E-state index contributed by atoms with van der Waals surface area (Å²) < 4.78 is 0. The SMILES string of the molecule is C1=C=C\C=C/C=C\C=C/C=C\C=1. The van der Waals surface area contributed by atoms with E-state index in [2.05, 4.69) is 11.5 Å². The molecule has 1 rings (SSSR count). The third-order valence-electron chi connectivity index (χ3n) is 1.22. The van der Waals surface area contributed by atoms with Crippen LogP contribution in [0.3, 0.4) is 0 Å². The Morgan fingerprint density at radius 2 is 0.750 bits per heavy atom. The first-order chi connectivity index (χ1) is 6.00. The van der Waals surface area contributed by atoms with E-state index in [1.165, 1.54) is 0 Å². The van der Waals surface area contributed by atoms with E-state index in [4.69, 9.17) is 0 Å². The molecule has 12 heavy (non-hydrogen) atoms. The summed E-state index contributed by atoms with van der Waals surface area (Å²) in [5.41, 5.74) is 5.75. The fourth-order valence-electron chi connectivity index (χ4n) is 0.688. The second-order valence-electron chi connectivity index (χ2n) is 2.16. The normalized spacial score (nSPS) is 25.3. The van der Waals surface area contributed by atoms with Crippen LogP contribution < -0.4 is 0 Å². The van der Waals surface area contributed by atoms with Crippen LogP contribution >= 0.6 is 0 Å². The lowest BCUT2D eigenvalue weighted by Crippen LogP contribution is -1.52. The van der Waals surface area contributed by atoms with Crippen LogP contribution in [-0.2, 0) is 0 Å². The van der Waals surface area contributed by atoms with Gasteiger partial charge < -0.3 is 0 Å². The van der Waals surface area contributed by atoms with Gasteiger partial charge in [-0.05, 0) is 12.2 Å². The van der Waals surface area contributed by atoms with Crippen molar-refractivity contribution in [2.45, 2.75) is 0 Å². The predicted molar refractivity (Wildman–Crippen MR) is 52.7 cm³/mol. The highest BCUT2D eigenvalue weighted by Crippen LogP contribution is 1.84.